The average molecular weight is 494 g/mol. The van der Waals surface area contributed by atoms with E-state index < -0.39 is 0 Å². The van der Waals surface area contributed by atoms with Gasteiger partial charge in [-0.1, -0.05) is 60.2 Å². The lowest BCUT2D eigenvalue weighted by Gasteiger charge is -2.20. The van der Waals surface area contributed by atoms with Crippen LogP contribution < -0.4 is 15.2 Å². The van der Waals surface area contributed by atoms with Crippen LogP contribution in [0.15, 0.2) is 83.7 Å². The number of nitrogens with zero attached hydrogens (tertiary/aromatic N) is 4. The molecule has 0 aliphatic heterocycles. The lowest BCUT2D eigenvalue weighted by atomic mass is 10.1. The van der Waals surface area contributed by atoms with Crippen molar-refractivity contribution in [2.45, 2.75) is 26.8 Å². The first-order chi connectivity index (χ1) is 17.9. The second-order valence-electron chi connectivity index (χ2n) is 8.94. The van der Waals surface area contributed by atoms with Crippen molar-refractivity contribution < 1.29 is 9.53 Å². The molecule has 0 fully saturated rings. The minimum Gasteiger partial charge on any atom is -0.497 e. The highest BCUT2D eigenvalue weighted by Crippen LogP contribution is 2.21. The molecule has 37 heavy (non-hydrogen) atoms. The van der Waals surface area contributed by atoms with Gasteiger partial charge in [0.2, 0.25) is 5.95 Å². The number of aromatic nitrogens is 4. The number of aryl methyl sites for hydroxylation is 2. The lowest BCUT2D eigenvalue weighted by molar-refractivity contribution is 0.0983. The second kappa shape index (κ2) is 10.1. The van der Waals surface area contributed by atoms with E-state index in [0.717, 1.165) is 16.7 Å². The number of hydrogen-bond acceptors (Lipinski definition) is 5. The molecule has 1 N–H and O–H groups in total. The summed E-state index contributed by atoms with van der Waals surface area (Å²) in [4.78, 5) is 37.8. The van der Waals surface area contributed by atoms with Crippen LogP contribution in [0.1, 0.15) is 38.3 Å². The van der Waals surface area contributed by atoms with Crippen molar-refractivity contribution in [2.24, 2.45) is 0 Å². The smallest absolute Gasteiger partial charge is 0.277 e. The molecule has 0 radical (unpaired) electrons. The molecule has 2 aromatic heterocycles. The number of methoxy groups -OCH3 is 1. The molecule has 2 heterocycles. The number of amides is 1. The van der Waals surface area contributed by atoms with Gasteiger partial charge in [0.05, 0.1) is 19.3 Å². The van der Waals surface area contributed by atoms with E-state index >= 15 is 0 Å². The number of benzene rings is 3. The fourth-order valence-corrected chi connectivity index (χ4v) is 4.30. The molecule has 3 aromatic carbocycles. The molecule has 0 aliphatic rings. The second-order valence-corrected chi connectivity index (χ2v) is 8.94. The average Bonchev–Trinajstić information content (AvgIpc) is 3.34. The minimum atomic E-state index is -0.250. The lowest BCUT2D eigenvalue weighted by Crippen LogP contribution is -2.31. The molecule has 5 aromatic rings. The third-order valence-electron chi connectivity index (χ3n) is 6.25. The number of aromatic amines is 1. The van der Waals surface area contributed by atoms with E-state index in [1.165, 1.54) is 9.42 Å². The zero-order valence-corrected chi connectivity index (χ0v) is 20.9. The van der Waals surface area contributed by atoms with Crippen molar-refractivity contribution in [3.63, 3.8) is 0 Å². The van der Waals surface area contributed by atoms with Crippen LogP contribution in [0.3, 0.4) is 0 Å². The molecule has 0 saturated carbocycles. The molecule has 0 bridgehead atoms. The molecule has 8 nitrogen and oxygen atoms in total. The van der Waals surface area contributed by atoms with Crippen LogP contribution >= 0.6 is 0 Å². The summed E-state index contributed by atoms with van der Waals surface area (Å²) in [6.07, 6.45) is 0.450. The first kappa shape index (κ1) is 24.0. The molecular weight excluding hydrogens is 466 g/mol. The van der Waals surface area contributed by atoms with E-state index in [-0.39, 0.29) is 29.7 Å². The van der Waals surface area contributed by atoms with Crippen molar-refractivity contribution in [3.8, 4) is 5.75 Å². The number of H-pyrrole nitrogens is 1. The highest BCUT2D eigenvalue weighted by molar-refractivity contribution is 6.05. The number of nitrogens with one attached hydrogen (secondary N) is 1. The Balaban J connectivity index is 1.59. The van der Waals surface area contributed by atoms with Gasteiger partial charge in [0.1, 0.15) is 5.75 Å². The van der Waals surface area contributed by atoms with Gasteiger partial charge >= 0.3 is 0 Å². The van der Waals surface area contributed by atoms with Crippen LogP contribution in [0.2, 0.25) is 0 Å². The van der Waals surface area contributed by atoms with Crippen molar-refractivity contribution in [1.82, 2.24) is 19.6 Å². The van der Waals surface area contributed by atoms with Gasteiger partial charge in [-0.15, -0.1) is 0 Å². The van der Waals surface area contributed by atoms with Gasteiger partial charge in [-0.25, -0.2) is 4.98 Å². The third kappa shape index (κ3) is 4.99. The van der Waals surface area contributed by atoms with Crippen LogP contribution in [0.25, 0.3) is 5.78 Å². The Kier molecular flexibility index (Phi) is 6.55. The van der Waals surface area contributed by atoms with Gasteiger partial charge in [-0.2, -0.15) is 9.50 Å². The summed E-state index contributed by atoms with van der Waals surface area (Å²) in [6.45, 7) is 3.96. The van der Waals surface area contributed by atoms with Crippen LogP contribution in [-0.2, 0) is 13.0 Å². The van der Waals surface area contributed by atoms with Crippen molar-refractivity contribution in [1.29, 1.82) is 0 Å². The fraction of sp³-hybridized carbons (Fsp3) is 0.172. The summed E-state index contributed by atoms with van der Waals surface area (Å²) in [5.41, 5.74) is 4.29. The summed E-state index contributed by atoms with van der Waals surface area (Å²) in [5.74, 6) is 0.876. The van der Waals surface area contributed by atoms with Gasteiger partial charge < -0.3 is 4.74 Å². The quantitative estimate of drug-likeness (QED) is 0.361. The molecular formula is C29H27N5O3. The van der Waals surface area contributed by atoms with E-state index in [9.17, 15) is 9.59 Å². The standard InChI is InChI=1S/C29H27N5O3/c1-19-9-7-13-23(15-19)26(35)33(18-22-12-8-14-24(16-22)37-3)29-31-28-30-20(2)25(27(36)34(28)32-29)17-21-10-5-4-6-11-21/h4-16H,17-18H2,1-3H3,(H,30,31,32). The third-order valence-corrected chi connectivity index (χ3v) is 6.25. The number of hydrogen-bond donors (Lipinski definition) is 1. The molecule has 0 spiro atoms. The Morgan fingerprint density at radius 2 is 1.70 bits per heavy atom. The van der Waals surface area contributed by atoms with Gasteiger partial charge in [-0.3, -0.25) is 19.6 Å². The Morgan fingerprint density at radius 3 is 2.46 bits per heavy atom. The molecule has 0 unspecified atom stereocenters. The number of carbonyl (C=O) groups is 1. The van der Waals surface area contributed by atoms with Gasteiger partial charge in [0.15, 0.2) is 0 Å². The van der Waals surface area contributed by atoms with Crippen LogP contribution in [0, 0.1) is 13.8 Å². The van der Waals surface area contributed by atoms with Gasteiger partial charge in [-0.05, 0) is 49.2 Å². The number of carbonyl (C=O) groups excluding carboxylic acids is 1. The Morgan fingerprint density at radius 1 is 0.946 bits per heavy atom. The van der Waals surface area contributed by atoms with E-state index in [2.05, 4.69) is 15.1 Å². The van der Waals surface area contributed by atoms with Crippen molar-refractivity contribution in [3.05, 3.63) is 123 Å². The molecule has 5 rings (SSSR count). The Labute approximate surface area is 214 Å². The maximum atomic E-state index is 13.7. The number of anilines is 1. The summed E-state index contributed by atoms with van der Waals surface area (Å²) in [7, 11) is 1.60. The topological polar surface area (TPSA) is 92.6 Å². The van der Waals surface area contributed by atoms with E-state index in [1.807, 2.05) is 79.7 Å². The van der Waals surface area contributed by atoms with Crippen molar-refractivity contribution in [2.75, 3.05) is 12.0 Å². The Bertz CT molecular complexity index is 1640. The van der Waals surface area contributed by atoms with E-state index in [0.29, 0.717) is 29.0 Å². The predicted octanol–water partition coefficient (Wildman–Crippen LogP) is 4.48. The normalized spacial score (nSPS) is 11.0. The van der Waals surface area contributed by atoms with Crippen LogP contribution in [0.4, 0.5) is 5.95 Å². The Hall–Kier alpha value is -4.72. The summed E-state index contributed by atoms with van der Waals surface area (Å²) in [6, 6.07) is 24.6. The zero-order valence-electron chi connectivity index (χ0n) is 20.9. The molecule has 0 saturated heterocycles. The first-order valence-electron chi connectivity index (χ1n) is 12.0. The first-order valence-corrected chi connectivity index (χ1v) is 12.0. The molecule has 8 heteroatoms. The highest BCUT2D eigenvalue weighted by Gasteiger charge is 2.23. The molecule has 1 amide bonds. The number of fused-ring (bicyclic) bond motifs is 1. The van der Waals surface area contributed by atoms with Gasteiger partial charge in [0.25, 0.3) is 17.2 Å². The number of ether oxygens (including phenoxy) is 1. The van der Waals surface area contributed by atoms with E-state index in [4.69, 9.17) is 4.74 Å². The highest BCUT2D eigenvalue weighted by atomic mass is 16.5. The number of rotatable bonds is 7. The maximum absolute atomic E-state index is 13.7. The summed E-state index contributed by atoms with van der Waals surface area (Å²) >= 11 is 0. The summed E-state index contributed by atoms with van der Waals surface area (Å²) < 4.78 is 6.67. The molecule has 0 atom stereocenters. The maximum Gasteiger partial charge on any atom is 0.277 e. The zero-order chi connectivity index (χ0) is 25.9. The molecule has 0 aliphatic carbocycles. The minimum absolute atomic E-state index is 0.210. The predicted molar refractivity (Wildman–Crippen MR) is 142 cm³/mol. The fourth-order valence-electron chi connectivity index (χ4n) is 4.30. The largest absolute Gasteiger partial charge is 0.497 e. The SMILES string of the molecule is COc1cccc(CN(C(=O)c2cccc(C)c2)c2nc3nc(C)c(Cc4ccccc4)c(=O)n3[nH]2)c1. The van der Waals surface area contributed by atoms with E-state index in [1.54, 1.807) is 20.1 Å². The monoisotopic (exact) mass is 493 g/mol. The van der Waals surface area contributed by atoms with Crippen molar-refractivity contribution >= 4 is 17.6 Å². The van der Waals surface area contributed by atoms with Crippen LogP contribution in [0.5, 0.6) is 5.75 Å². The van der Waals surface area contributed by atoms with Gasteiger partial charge in [0, 0.05) is 17.5 Å². The van der Waals surface area contributed by atoms with Crippen LogP contribution in [-0.4, -0.2) is 32.6 Å². The molecule has 186 valence electrons. The summed E-state index contributed by atoms with van der Waals surface area (Å²) in [5, 5.41) is 3.04.